The number of fused-ring (bicyclic) bond motifs is 6. The third-order valence-corrected chi connectivity index (χ3v) is 12.1. The van der Waals surface area contributed by atoms with E-state index in [1.165, 1.54) is 21.2 Å². The first kappa shape index (κ1) is 35.5. The van der Waals surface area contributed by atoms with Crippen LogP contribution in [0.1, 0.15) is 47.4 Å². The number of aliphatic hydroxyl groups excluding tert-OH is 1. The molecule has 0 aliphatic rings. The van der Waals surface area contributed by atoms with E-state index in [0.717, 1.165) is 44.3 Å². The molecule has 241 valence electrons. The van der Waals surface area contributed by atoms with Gasteiger partial charge in [0.25, 0.3) is 0 Å². The van der Waals surface area contributed by atoms with Crippen molar-refractivity contribution < 1.29 is 34.4 Å². The number of carbonyl (C=O) groups excluding carboxylic acids is 1. The Bertz CT molecular complexity index is 2110. The largest absolute Gasteiger partial charge is 0 e. The number of carbonyl (C=O) groups is 1. The normalized spacial score (nSPS) is 12.7. The van der Waals surface area contributed by atoms with E-state index in [1.54, 1.807) is 6.20 Å². The first-order chi connectivity index (χ1) is 21.0. The number of aliphatic hydroxyl groups is 1. The summed E-state index contributed by atoms with van der Waals surface area (Å²) < 4.78 is 7.66. The molecule has 1 radical (unpaired) electrons. The van der Waals surface area contributed by atoms with E-state index in [0.29, 0.717) is 5.71 Å². The molecule has 6 nitrogen and oxygen atoms in total. The molecule has 3 aromatic carbocycles. The van der Waals surface area contributed by atoms with Crippen LogP contribution in [0.15, 0.2) is 77.0 Å². The predicted octanol–water partition coefficient (Wildman–Crippen LogP) is 9.49. The van der Waals surface area contributed by atoms with Crippen molar-refractivity contribution in [1.29, 1.82) is 0 Å². The second-order valence-corrected chi connectivity index (χ2v) is 25.3. The maximum absolute atomic E-state index is 11.5. The van der Waals surface area contributed by atoms with Crippen molar-refractivity contribution in [3.8, 4) is 11.3 Å². The van der Waals surface area contributed by atoms with Gasteiger partial charge < -0.3 is 5.11 Å². The molecule has 6 rings (SSSR count). The van der Waals surface area contributed by atoms with Crippen LogP contribution in [0.3, 0.4) is 0 Å². The molecule has 3 aromatic heterocycles. The van der Waals surface area contributed by atoms with Gasteiger partial charge in [-0.2, -0.15) is 0 Å². The maximum atomic E-state index is 11.5. The summed E-state index contributed by atoms with van der Waals surface area (Å²) >= 11 is -2.14. The minimum atomic E-state index is -2.14. The van der Waals surface area contributed by atoms with Crippen LogP contribution in [0.4, 0.5) is 0 Å². The van der Waals surface area contributed by atoms with Gasteiger partial charge in [-0.3, -0.25) is 4.79 Å². The summed E-state index contributed by atoms with van der Waals surface area (Å²) in [6, 6.07) is 22.3. The average molecular weight is 854 g/mol. The van der Waals surface area contributed by atoms with E-state index < -0.39 is 18.7 Å². The molecule has 0 atom stereocenters. The zero-order valence-electron chi connectivity index (χ0n) is 28.3. The van der Waals surface area contributed by atoms with Gasteiger partial charge in [0.05, 0.1) is 0 Å². The SMILES string of the molecule is CC(C)(C)C(=O)/C=C(\O)C(C)(C)C.Cc1nc(-c2[c-]ccc3c2oc2ncccc23)c2ccc3ccc[c]([Ge]([CH3])([CH3])[CH3])c3c2n1.[Ir]. The summed E-state index contributed by atoms with van der Waals surface area (Å²) in [6.45, 7) is 13.1. The molecular formula is C38H42GeIrN3O3-. The Morgan fingerprint density at radius 3 is 2.26 bits per heavy atom. The summed E-state index contributed by atoms with van der Waals surface area (Å²) in [5.41, 5.74) is 3.36. The fourth-order valence-corrected chi connectivity index (χ4v) is 8.58. The minimum absolute atomic E-state index is 0. The third kappa shape index (κ3) is 7.12. The number of pyridine rings is 1. The Balaban J connectivity index is 0.000000295. The second kappa shape index (κ2) is 13.0. The Morgan fingerprint density at radius 1 is 0.891 bits per heavy atom. The molecule has 0 amide bonds. The number of furan rings is 1. The van der Waals surface area contributed by atoms with Gasteiger partial charge >= 0.3 is 189 Å². The molecule has 8 heteroatoms. The van der Waals surface area contributed by atoms with Crippen LogP contribution >= 0.6 is 0 Å². The number of hydrogen-bond donors (Lipinski definition) is 1. The molecule has 0 aliphatic heterocycles. The molecule has 1 N–H and O–H groups in total. The van der Waals surface area contributed by atoms with Crippen molar-refractivity contribution in [2.45, 2.75) is 65.7 Å². The minimum Gasteiger partial charge on any atom is 0 e. The van der Waals surface area contributed by atoms with E-state index >= 15 is 0 Å². The van der Waals surface area contributed by atoms with E-state index in [4.69, 9.17) is 14.4 Å². The van der Waals surface area contributed by atoms with Crippen LogP contribution in [0.2, 0.25) is 17.3 Å². The zero-order valence-corrected chi connectivity index (χ0v) is 32.8. The number of rotatable bonds is 3. The predicted molar refractivity (Wildman–Crippen MR) is 189 cm³/mol. The average Bonchev–Trinajstić information content (AvgIpc) is 3.34. The molecular weight excluding hydrogens is 811 g/mol. The number of ketones is 1. The summed E-state index contributed by atoms with van der Waals surface area (Å²) in [5.74, 6) is 8.14. The zero-order chi connectivity index (χ0) is 32.9. The molecule has 0 aliphatic carbocycles. The Morgan fingerprint density at radius 2 is 1.61 bits per heavy atom. The van der Waals surface area contributed by atoms with Crippen LogP contribution in [-0.2, 0) is 24.9 Å². The summed E-state index contributed by atoms with van der Waals surface area (Å²) in [6.07, 6.45) is 3.09. The Hall–Kier alpha value is -3.39. The van der Waals surface area contributed by atoms with Crippen LogP contribution in [0.5, 0.6) is 0 Å². The van der Waals surface area contributed by atoms with Gasteiger partial charge in [-0.1, -0.05) is 41.5 Å². The maximum Gasteiger partial charge on any atom is 0 e. The van der Waals surface area contributed by atoms with Crippen molar-refractivity contribution in [1.82, 2.24) is 15.0 Å². The van der Waals surface area contributed by atoms with Crippen molar-refractivity contribution in [2.24, 2.45) is 10.8 Å². The van der Waals surface area contributed by atoms with Gasteiger partial charge in [0.1, 0.15) is 5.76 Å². The molecule has 3 heterocycles. The van der Waals surface area contributed by atoms with E-state index in [-0.39, 0.29) is 37.1 Å². The Labute approximate surface area is 287 Å². The monoisotopic (exact) mass is 855 g/mol. The number of aryl methyl sites for hydroxylation is 1. The first-order valence-corrected chi connectivity index (χ1v) is 22.7. The molecule has 0 saturated carbocycles. The van der Waals surface area contributed by atoms with Gasteiger partial charge in [-0.15, -0.1) is 0 Å². The van der Waals surface area contributed by atoms with Crippen molar-refractivity contribution in [3.63, 3.8) is 0 Å². The van der Waals surface area contributed by atoms with E-state index in [1.807, 2.05) is 72.7 Å². The van der Waals surface area contributed by atoms with Crippen molar-refractivity contribution in [2.75, 3.05) is 0 Å². The fourth-order valence-electron chi connectivity index (χ4n) is 5.20. The van der Waals surface area contributed by atoms with Crippen molar-refractivity contribution >= 4 is 67.2 Å². The molecule has 0 saturated heterocycles. The third-order valence-electron chi connectivity index (χ3n) is 7.85. The van der Waals surface area contributed by atoms with Gasteiger partial charge in [-0.25, -0.2) is 0 Å². The topological polar surface area (TPSA) is 89.1 Å². The second-order valence-electron chi connectivity index (χ2n) is 14.7. The van der Waals surface area contributed by atoms with E-state index in [9.17, 15) is 9.90 Å². The molecule has 0 fully saturated rings. The number of nitrogens with zero attached hydrogens (tertiary/aromatic N) is 3. The van der Waals surface area contributed by atoms with Crippen molar-refractivity contribution in [3.05, 3.63) is 84.5 Å². The number of benzene rings is 3. The molecule has 46 heavy (non-hydrogen) atoms. The fraction of sp³-hybridized carbons (Fsp3) is 0.316. The van der Waals surface area contributed by atoms with Gasteiger partial charge in [-0.05, 0) is 0 Å². The van der Waals surface area contributed by atoms with Crippen LogP contribution in [0, 0.1) is 23.8 Å². The molecule has 0 unspecified atom stereocenters. The quantitative estimate of drug-likeness (QED) is 0.0628. The molecule has 6 aromatic rings. The van der Waals surface area contributed by atoms with Gasteiger partial charge in [0.2, 0.25) is 0 Å². The summed E-state index contributed by atoms with van der Waals surface area (Å²) in [5, 5.41) is 15.1. The molecule has 0 spiro atoms. The van der Waals surface area contributed by atoms with E-state index in [2.05, 4.69) is 58.7 Å². The Kier molecular flexibility index (Phi) is 10.0. The standard InChI is InChI=1S/C27H22GeN3O.C11H20O2.Ir/c1-16-30-24(21-10-6-9-18-19-11-7-15-29-27(19)32-26(18)21)20-14-13-17-8-5-12-22(28(2,3)4)23(17)25(20)31-16;1-10(2,3)8(12)7-9(13)11(4,5)6;/h5-9,11-15H,1-4H3;7,12H,1-6H3;/q-1;;/b;8-7-;. The van der Waals surface area contributed by atoms with Crippen LogP contribution < -0.4 is 4.40 Å². The smallest absolute Gasteiger partial charge is 0 e. The number of aromatic nitrogens is 3. The number of hydrogen-bond acceptors (Lipinski definition) is 6. The van der Waals surface area contributed by atoms with Gasteiger partial charge in [0.15, 0.2) is 5.78 Å². The van der Waals surface area contributed by atoms with Gasteiger partial charge in [0, 0.05) is 37.0 Å². The number of allylic oxidation sites excluding steroid dienone is 2. The van der Waals surface area contributed by atoms with Crippen LogP contribution in [-0.4, -0.2) is 39.1 Å². The molecule has 0 bridgehead atoms. The summed E-state index contributed by atoms with van der Waals surface area (Å²) in [4.78, 5) is 25.7. The first-order valence-electron chi connectivity index (χ1n) is 15.3. The summed E-state index contributed by atoms with van der Waals surface area (Å²) in [7, 11) is 0. The van der Waals surface area contributed by atoms with Crippen LogP contribution in [0.25, 0.3) is 55.0 Å².